The summed E-state index contributed by atoms with van der Waals surface area (Å²) in [4.78, 5) is 18.8. The van der Waals surface area contributed by atoms with E-state index in [4.69, 9.17) is 10.2 Å². The molecule has 0 bridgehead atoms. The summed E-state index contributed by atoms with van der Waals surface area (Å²) in [6.07, 6.45) is 2.32. The topological polar surface area (TPSA) is 72.4 Å². The molecule has 2 aromatic rings. The van der Waals surface area contributed by atoms with Gasteiger partial charge in [0.2, 0.25) is 11.8 Å². The second-order valence-corrected chi connectivity index (χ2v) is 6.11. The second-order valence-electron chi connectivity index (χ2n) is 5.33. The summed E-state index contributed by atoms with van der Waals surface area (Å²) in [6.45, 7) is 3.19. The molecule has 0 aliphatic carbocycles. The van der Waals surface area contributed by atoms with Crippen LogP contribution in [0.15, 0.2) is 21.2 Å². The zero-order chi connectivity index (χ0) is 14.8. The van der Waals surface area contributed by atoms with Crippen molar-refractivity contribution in [2.24, 2.45) is 5.73 Å². The molecule has 21 heavy (non-hydrogen) atoms. The largest absolute Gasteiger partial charge is 0.441 e. The van der Waals surface area contributed by atoms with Crippen molar-refractivity contribution in [3.63, 3.8) is 0 Å². The molecule has 3 heterocycles. The molecule has 1 amide bonds. The average molecular weight is 305 g/mol. The summed E-state index contributed by atoms with van der Waals surface area (Å²) >= 11 is 1.60. The first-order valence-electron chi connectivity index (χ1n) is 7.17. The number of aryl methyl sites for hydroxylation is 1. The van der Waals surface area contributed by atoms with Crippen molar-refractivity contribution in [1.29, 1.82) is 0 Å². The molecule has 3 rings (SSSR count). The third-order valence-electron chi connectivity index (χ3n) is 3.95. The zero-order valence-corrected chi connectivity index (χ0v) is 12.9. The Balaban J connectivity index is 1.74. The van der Waals surface area contributed by atoms with E-state index in [1.54, 1.807) is 11.3 Å². The fraction of sp³-hybridized carbons (Fsp3) is 0.467. The lowest BCUT2D eigenvalue weighted by molar-refractivity contribution is -0.131. The lowest BCUT2D eigenvalue weighted by atomic mass is 10.2. The van der Waals surface area contributed by atoms with E-state index in [-0.39, 0.29) is 18.4 Å². The molecular weight excluding hydrogens is 286 g/mol. The molecule has 0 aromatic carbocycles. The van der Waals surface area contributed by atoms with Gasteiger partial charge in [-0.3, -0.25) is 4.79 Å². The smallest absolute Gasteiger partial charge is 0.229 e. The molecule has 2 N–H and O–H groups in total. The highest BCUT2D eigenvalue weighted by Crippen LogP contribution is 2.25. The molecule has 112 valence electrons. The minimum atomic E-state index is 0.0937. The van der Waals surface area contributed by atoms with Crippen LogP contribution in [0.25, 0.3) is 11.5 Å². The summed E-state index contributed by atoms with van der Waals surface area (Å²) in [5, 5.41) is 3.97. The predicted octanol–water partition coefficient (Wildman–Crippen LogP) is 2.20. The number of oxazole rings is 1. The number of carbonyl (C=O) groups is 1. The molecule has 1 fully saturated rings. The van der Waals surface area contributed by atoms with E-state index in [0.717, 1.165) is 30.6 Å². The van der Waals surface area contributed by atoms with E-state index in [2.05, 4.69) is 4.98 Å². The molecule has 1 saturated heterocycles. The normalized spacial score (nSPS) is 18.4. The first-order chi connectivity index (χ1) is 10.2. The van der Waals surface area contributed by atoms with Crippen LogP contribution < -0.4 is 5.73 Å². The Hall–Kier alpha value is -1.66. The maximum atomic E-state index is 12.4. The van der Waals surface area contributed by atoms with Crippen LogP contribution in [-0.2, 0) is 11.2 Å². The van der Waals surface area contributed by atoms with Crippen LogP contribution in [0.1, 0.15) is 24.3 Å². The molecular formula is C15H19N3O2S. The van der Waals surface area contributed by atoms with Gasteiger partial charge in [-0.25, -0.2) is 4.98 Å². The number of nitrogens with two attached hydrogens (primary N) is 1. The van der Waals surface area contributed by atoms with Crippen LogP contribution in [0.3, 0.4) is 0 Å². The summed E-state index contributed by atoms with van der Waals surface area (Å²) in [5.74, 6) is 1.40. The van der Waals surface area contributed by atoms with Crippen LogP contribution in [0.4, 0.5) is 0 Å². The number of amides is 1. The van der Waals surface area contributed by atoms with Crippen molar-refractivity contribution < 1.29 is 9.21 Å². The number of nitrogens with zero attached hydrogens (tertiary/aromatic N) is 2. The minimum Gasteiger partial charge on any atom is -0.441 e. The molecule has 5 nitrogen and oxygen atoms in total. The van der Waals surface area contributed by atoms with Crippen LogP contribution in [0.5, 0.6) is 0 Å². The Morgan fingerprint density at radius 2 is 2.48 bits per heavy atom. The zero-order valence-electron chi connectivity index (χ0n) is 12.0. The summed E-state index contributed by atoms with van der Waals surface area (Å²) in [5.41, 5.74) is 7.41. The van der Waals surface area contributed by atoms with Gasteiger partial charge < -0.3 is 15.1 Å². The van der Waals surface area contributed by atoms with Gasteiger partial charge in [-0.15, -0.1) is 0 Å². The van der Waals surface area contributed by atoms with Crippen LogP contribution >= 0.6 is 11.3 Å². The highest BCUT2D eigenvalue weighted by atomic mass is 32.1. The molecule has 0 spiro atoms. The number of carbonyl (C=O) groups excluding carboxylic acids is 1. The number of thiophene rings is 1. The van der Waals surface area contributed by atoms with Crippen molar-refractivity contribution in [3.8, 4) is 11.5 Å². The van der Waals surface area contributed by atoms with E-state index in [1.165, 1.54) is 0 Å². The Kier molecular flexibility index (Phi) is 4.07. The fourth-order valence-electron chi connectivity index (χ4n) is 2.76. The lowest BCUT2D eigenvalue weighted by Crippen LogP contribution is -2.40. The van der Waals surface area contributed by atoms with Crippen LogP contribution in [0, 0.1) is 6.92 Å². The van der Waals surface area contributed by atoms with Crippen molar-refractivity contribution >= 4 is 17.2 Å². The Morgan fingerprint density at radius 3 is 3.19 bits per heavy atom. The highest BCUT2D eigenvalue weighted by molar-refractivity contribution is 7.08. The maximum Gasteiger partial charge on any atom is 0.229 e. The Morgan fingerprint density at radius 1 is 1.62 bits per heavy atom. The Bertz CT molecular complexity index is 621. The SMILES string of the molecule is Cc1oc(-c2ccsc2)nc1CC(=O)N1CCCC1CN. The number of aromatic nitrogens is 1. The van der Waals surface area contributed by atoms with E-state index >= 15 is 0 Å². The third-order valence-corrected chi connectivity index (χ3v) is 4.63. The van der Waals surface area contributed by atoms with E-state index in [0.29, 0.717) is 18.2 Å². The van der Waals surface area contributed by atoms with Gasteiger partial charge in [0.05, 0.1) is 12.1 Å². The Labute approximate surface area is 127 Å². The molecule has 6 heteroatoms. The minimum absolute atomic E-state index is 0.0937. The van der Waals surface area contributed by atoms with Gasteiger partial charge in [-0.1, -0.05) is 0 Å². The highest BCUT2D eigenvalue weighted by Gasteiger charge is 2.28. The average Bonchev–Trinajstić information content (AvgIpc) is 3.18. The van der Waals surface area contributed by atoms with Gasteiger partial charge >= 0.3 is 0 Å². The molecule has 0 saturated carbocycles. The monoisotopic (exact) mass is 305 g/mol. The van der Waals surface area contributed by atoms with Gasteiger partial charge in [0.1, 0.15) is 5.76 Å². The standard InChI is InChI=1S/C15H19N3O2S/c1-10-13(17-15(20-10)11-4-6-21-9-11)7-14(19)18-5-2-3-12(18)8-16/h4,6,9,12H,2-3,5,7-8,16H2,1H3. The molecule has 1 aliphatic rings. The number of hydrogen-bond acceptors (Lipinski definition) is 5. The van der Waals surface area contributed by atoms with E-state index in [1.807, 2.05) is 28.7 Å². The summed E-state index contributed by atoms with van der Waals surface area (Å²) in [6, 6.07) is 2.15. The number of hydrogen-bond donors (Lipinski definition) is 1. The van der Waals surface area contributed by atoms with Crippen molar-refractivity contribution in [1.82, 2.24) is 9.88 Å². The predicted molar refractivity (Wildman–Crippen MR) is 82.0 cm³/mol. The molecule has 2 aromatic heterocycles. The van der Waals surface area contributed by atoms with Gasteiger partial charge in [0.25, 0.3) is 0 Å². The van der Waals surface area contributed by atoms with Crippen LogP contribution in [0.2, 0.25) is 0 Å². The first kappa shape index (κ1) is 14.3. The number of rotatable bonds is 4. The van der Waals surface area contributed by atoms with Gasteiger partial charge in [0, 0.05) is 30.1 Å². The lowest BCUT2D eigenvalue weighted by Gasteiger charge is -2.23. The third kappa shape index (κ3) is 2.87. The molecule has 1 aliphatic heterocycles. The van der Waals surface area contributed by atoms with Gasteiger partial charge in [0.15, 0.2) is 0 Å². The number of likely N-dealkylation sites (tertiary alicyclic amines) is 1. The van der Waals surface area contributed by atoms with Crippen LogP contribution in [-0.4, -0.2) is 34.9 Å². The maximum absolute atomic E-state index is 12.4. The first-order valence-corrected chi connectivity index (χ1v) is 8.11. The quantitative estimate of drug-likeness (QED) is 0.940. The van der Waals surface area contributed by atoms with Gasteiger partial charge in [-0.2, -0.15) is 11.3 Å². The molecule has 1 atom stereocenters. The molecule has 1 unspecified atom stereocenters. The second kappa shape index (κ2) is 5.99. The van der Waals surface area contributed by atoms with Gasteiger partial charge in [-0.05, 0) is 31.2 Å². The van der Waals surface area contributed by atoms with Crippen molar-refractivity contribution in [2.45, 2.75) is 32.2 Å². The van der Waals surface area contributed by atoms with E-state index in [9.17, 15) is 4.79 Å². The summed E-state index contributed by atoms with van der Waals surface area (Å²) < 4.78 is 5.68. The van der Waals surface area contributed by atoms with E-state index < -0.39 is 0 Å². The van der Waals surface area contributed by atoms with Crippen molar-refractivity contribution in [2.75, 3.05) is 13.1 Å². The fourth-order valence-corrected chi connectivity index (χ4v) is 3.39. The molecule has 0 radical (unpaired) electrons. The summed E-state index contributed by atoms with van der Waals surface area (Å²) in [7, 11) is 0. The van der Waals surface area contributed by atoms with Crippen molar-refractivity contribution in [3.05, 3.63) is 28.3 Å².